The molecule has 1 aromatic heterocycles. The fraction of sp³-hybridized carbons (Fsp3) is 0.188. The third kappa shape index (κ3) is 1.72. The van der Waals surface area contributed by atoms with Gasteiger partial charge in [-0.25, -0.2) is 4.79 Å². The van der Waals surface area contributed by atoms with Crippen molar-refractivity contribution in [1.29, 1.82) is 0 Å². The first kappa shape index (κ1) is 12.5. The second-order valence-electron chi connectivity index (χ2n) is 4.60. The van der Waals surface area contributed by atoms with Gasteiger partial charge < -0.3 is 13.9 Å². The van der Waals surface area contributed by atoms with Crippen LogP contribution in [0.15, 0.2) is 39.5 Å². The van der Waals surface area contributed by atoms with E-state index in [1.165, 1.54) is 0 Å². The van der Waals surface area contributed by atoms with E-state index >= 15 is 0 Å². The zero-order valence-corrected chi connectivity index (χ0v) is 11.5. The minimum absolute atomic E-state index is 0.327. The Morgan fingerprint density at radius 2 is 1.80 bits per heavy atom. The lowest BCUT2D eigenvalue weighted by molar-refractivity contribution is 0.405. The SMILES string of the molecule is COc1cccc2c1c(OC)cc1cc(C)c(=O)oc12. The molecule has 0 aliphatic heterocycles. The summed E-state index contributed by atoms with van der Waals surface area (Å²) in [5, 5.41) is 2.44. The van der Waals surface area contributed by atoms with Gasteiger partial charge in [-0.05, 0) is 25.1 Å². The maximum atomic E-state index is 11.8. The van der Waals surface area contributed by atoms with E-state index in [9.17, 15) is 4.79 Å². The number of rotatable bonds is 2. The number of benzene rings is 2. The molecule has 4 heteroatoms. The van der Waals surface area contributed by atoms with Crippen LogP contribution in [0.5, 0.6) is 11.5 Å². The molecule has 0 fully saturated rings. The summed E-state index contributed by atoms with van der Waals surface area (Å²) in [6.45, 7) is 1.73. The van der Waals surface area contributed by atoms with Crippen molar-refractivity contribution in [2.45, 2.75) is 6.92 Å². The van der Waals surface area contributed by atoms with Gasteiger partial charge >= 0.3 is 5.63 Å². The summed E-state index contributed by atoms with van der Waals surface area (Å²) in [6.07, 6.45) is 0. The Labute approximate surface area is 115 Å². The number of aryl methyl sites for hydroxylation is 1. The molecule has 0 saturated heterocycles. The van der Waals surface area contributed by atoms with Gasteiger partial charge in [-0.2, -0.15) is 0 Å². The van der Waals surface area contributed by atoms with Gasteiger partial charge in [0.25, 0.3) is 0 Å². The fourth-order valence-electron chi connectivity index (χ4n) is 2.43. The van der Waals surface area contributed by atoms with E-state index in [4.69, 9.17) is 13.9 Å². The van der Waals surface area contributed by atoms with Crippen molar-refractivity contribution in [3.8, 4) is 11.5 Å². The third-order valence-electron chi connectivity index (χ3n) is 3.39. The van der Waals surface area contributed by atoms with Gasteiger partial charge in [0.15, 0.2) is 0 Å². The Bertz CT molecular complexity index is 862. The molecule has 0 amide bonds. The molecule has 3 rings (SSSR count). The summed E-state index contributed by atoms with van der Waals surface area (Å²) in [5.74, 6) is 1.38. The van der Waals surface area contributed by atoms with Gasteiger partial charge in [0, 0.05) is 16.3 Å². The van der Waals surface area contributed by atoms with Crippen LogP contribution >= 0.6 is 0 Å². The molecule has 0 bridgehead atoms. The first-order valence-corrected chi connectivity index (χ1v) is 6.24. The predicted octanol–water partition coefficient (Wildman–Crippen LogP) is 3.27. The zero-order chi connectivity index (χ0) is 14.3. The number of methoxy groups -OCH3 is 2. The molecule has 20 heavy (non-hydrogen) atoms. The molecular weight excluding hydrogens is 256 g/mol. The van der Waals surface area contributed by atoms with E-state index in [1.807, 2.05) is 30.3 Å². The minimum atomic E-state index is -0.327. The molecule has 1 heterocycles. The van der Waals surface area contributed by atoms with E-state index in [0.717, 1.165) is 16.2 Å². The molecule has 3 aromatic rings. The summed E-state index contributed by atoms with van der Waals surface area (Å²) >= 11 is 0. The lowest BCUT2D eigenvalue weighted by Crippen LogP contribution is -2.02. The largest absolute Gasteiger partial charge is 0.496 e. The lowest BCUT2D eigenvalue weighted by atomic mass is 10.0. The molecule has 0 aliphatic carbocycles. The van der Waals surface area contributed by atoms with E-state index in [1.54, 1.807) is 21.1 Å². The van der Waals surface area contributed by atoms with Crippen LogP contribution in [-0.2, 0) is 0 Å². The average Bonchev–Trinajstić information content (AvgIpc) is 2.47. The molecular formula is C16H14O4. The molecule has 102 valence electrons. The molecule has 2 aromatic carbocycles. The van der Waals surface area contributed by atoms with Gasteiger partial charge in [0.2, 0.25) is 0 Å². The normalized spacial score (nSPS) is 10.9. The summed E-state index contributed by atoms with van der Waals surface area (Å²) < 4.78 is 16.3. The van der Waals surface area contributed by atoms with Crippen LogP contribution in [0, 0.1) is 6.92 Å². The van der Waals surface area contributed by atoms with Crippen molar-refractivity contribution in [2.75, 3.05) is 14.2 Å². The van der Waals surface area contributed by atoms with Crippen molar-refractivity contribution in [2.24, 2.45) is 0 Å². The van der Waals surface area contributed by atoms with Crippen molar-refractivity contribution in [3.63, 3.8) is 0 Å². The number of ether oxygens (including phenoxy) is 2. The summed E-state index contributed by atoms with van der Waals surface area (Å²) in [5.41, 5.74) is 0.795. The average molecular weight is 270 g/mol. The van der Waals surface area contributed by atoms with Gasteiger partial charge in [0.05, 0.1) is 19.6 Å². The van der Waals surface area contributed by atoms with Gasteiger partial charge in [-0.1, -0.05) is 12.1 Å². The van der Waals surface area contributed by atoms with Crippen LogP contribution in [0.1, 0.15) is 5.56 Å². The van der Waals surface area contributed by atoms with Crippen LogP contribution in [0.3, 0.4) is 0 Å². The van der Waals surface area contributed by atoms with Crippen LogP contribution in [0.4, 0.5) is 0 Å². The third-order valence-corrected chi connectivity index (χ3v) is 3.39. The Morgan fingerprint density at radius 1 is 1.05 bits per heavy atom. The summed E-state index contributed by atoms with van der Waals surface area (Å²) in [6, 6.07) is 9.27. The number of hydrogen-bond acceptors (Lipinski definition) is 4. The molecule has 0 N–H and O–H groups in total. The predicted molar refractivity (Wildman–Crippen MR) is 77.8 cm³/mol. The summed E-state index contributed by atoms with van der Waals surface area (Å²) in [7, 11) is 3.21. The number of fused-ring (bicyclic) bond motifs is 3. The monoisotopic (exact) mass is 270 g/mol. The molecule has 0 atom stereocenters. The maximum Gasteiger partial charge on any atom is 0.339 e. The topological polar surface area (TPSA) is 48.7 Å². The lowest BCUT2D eigenvalue weighted by Gasteiger charge is -2.12. The molecule has 0 saturated carbocycles. The van der Waals surface area contributed by atoms with E-state index in [2.05, 4.69) is 0 Å². The van der Waals surface area contributed by atoms with Gasteiger partial charge in [-0.3, -0.25) is 0 Å². The van der Waals surface area contributed by atoms with Crippen LogP contribution < -0.4 is 15.1 Å². The highest BCUT2D eigenvalue weighted by molar-refractivity contribution is 6.09. The van der Waals surface area contributed by atoms with Crippen LogP contribution in [0.2, 0.25) is 0 Å². The first-order valence-electron chi connectivity index (χ1n) is 6.24. The molecule has 0 radical (unpaired) electrons. The molecule has 0 aliphatic rings. The second-order valence-corrected chi connectivity index (χ2v) is 4.60. The Kier molecular flexibility index (Phi) is 2.86. The second kappa shape index (κ2) is 4.56. The quantitative estimate of drug-likeness (QED) is 0.529. The van der Waals surface area contributed by atoms with E-state index < -0.39 is 0 Å². The highest BCUT2D eigenvalue weighted by Gasteiger charge is 2.14. The standard InChI is InChI=1S/C16H14O4/c1-9-7-10-8-13(19-3)14-11(15(10)20-16(9)17)5-4-6-12(14)18-2/h4-8H,1-3H3. The molecule has 0 spiro atoms. The fourth-order valence-corrected chi connectivity index (χ4v) is 2.43. The molecule has 0 unspecified atom stereocenters. The van der Waals surface area contributed by atoms with Crippen molar-refractivity contribution < 1.29 is 13.9 Å². The molecule has 4 nitrogen and oxygen atoms in total. The Morgan fingerprint density at radius 3 is 2.50 bits per heavy atom. The smallest absolute Gasteiger partial charge is 0.339 e. The highest BCUT2D eigenvalue weighted by Crippen LogP contribution is 2.38. The van der Waals surface area contributed by atoms with Crippen LogP contribution in [-0.4, -0.2) is 14.2 Å². The minimum Gasteiger partial charge on any atom is -0.496 e. The van der Waals surface area contributed by atoms with Crippen molar-refractivity contribution >= 4 is 21.7 Å². The summed E-state index contributed by atoms with van der Waals surface area (Å²) in [4.78, 5) is 11.8. The Balaban J connectivity index is 2.58. The first-order chi connectivity index (χ1) is 9.65. The van der Waals surface area contributed by atoms with Crippen LogP contribution in [0.25, 0.3) is 21.7 Å². The van der Waals surface area contributed by atoms with E-state index in [-0.39, 0.29) is 5.63 Å². The zero-order valence-electron chi connectivity index (χ0n) is 11.5. The Hall–Kier alpha value is -2.49. The van der Waals surface area contributed by atoms with Gasteiger partial charge in [-0.15, -0.1) is 0 Å². The number of hydrogen-bond donors (Lipinski definition) is 0. The van der Waals surface area contributed by atoms with E-state index in [0.29, 0.717) is 22.6 Å². The van der Waals surface area contributed by atoms with Crippen molar-refractivity contribution in [1.82, 2.24) is 0 Å². The van der Waals surface area contributed by atoms with Crippen molar-refractivity contribution in [3.05, 3.63) is 46.3 Å². The maximum absolute atomic E-state index is 11.8. The van der Waals surface area contributed by atoms with Gasteiger partial charge in [0.1, 0.15) is 17.1 Å². The highest BCUT2D eigenvalue weighted by atomic mass is 16.5.